The summed E-state index contributed by atoms with van der Waals surface area (Å²) in [4.78, 5) is 24.7. The molecule has 0 bridgehead atoms. The van der Waals surface area contributed by atoms with Crippen molar-refractivity contribution >= 4 is 17.6 Å². The zero-order chi connectivity index (χ0) is 15.5. The number of esters is 1. The van der Waals surface area contributed by atoms with Crippen LogP contribution in [0.15, 0.2) is 30.3 Å². The maximum Gasteiger partial charge on any atom is 0.305 e. The predicted octanol–water partition coefficient (Wildman–Crippen LogP) is 3.55. The van der Waals surface area contributed by atoms with E-state index < -0.39 is 0 Å². The van der Waals surface area contributed by atoms with Gasteiger partial charge >= 0.3 is 5.97 Å². The number of unbranched alkanes of at least 4 members (excludes halogenated alkanes) is 4. The van der Waals surface area contributed by atoms with E-state index in [9.17, 15) is 9.59 Å². The molecule has 0 aliphatic heterocycles. The first-order valence-electron chi connectivity index (χ1n) is 7.53. The number of methoxy groups -OCH3 is 1. The molecule has 1 aromatic carbocycles. The van der Waals surface area contributed by atoms with Crippen molar-refractivity contribution in [2.45, 2.75) is 44.9 Å². The van der Waals surface area contributed by atoms with Crippen LogP contribution in [0.2, 0.25) is 0 Å². The average Bonchev–Trinajstić information content (AvgIpc) is 2.53. The quantitative estimate of drug-likeness (QED) is 0.516. The molecule has 0 saturated heterocycles. The summed E-state index contributed by atoms with van der Waals surface area (Å²) in [6.45, 7) is 0. The Balaban J connectivity index is 2.10. The fourth-order valence-corrected chi connectivity index (χ4v) is 2.14. The summed E-state index contributed by atoms with van der Waals surface area (Å²) < 4.78 is 4.59. The van der Waals surface area contributed by atoms with Crippen LogP contribution in [0.1, 0.15) is 44.9 Å². The predicted molar refractivity (Wildman–Crippen MR) is 84.2 cm³/mol. The Morgan fingerprint density at radius 3 is 2.14 bits per heavy atom. The van der Waals surface area contributed by atoms with Gasteiger partial charge in [0.15, 0.2) is 0 Å². The van der Waals surface area contributed by atoms with Gasteiger partial charge in [0.1, 0.15) is 0 Å². The van der Waals surface area contributed by atoms with Gasteiger partial charge in [-0.1, -0.05) is 37.5 Å². The summed E-state index contributed by atoms with van der Waals surface area (Å²) in [5.41, 5.74) is 0.931. The maximum absolute atomic E-state index is 12.0. The van der Waals surface area contributed by atoms with E-state index >= 15 is 0 Å². The molecule has 0 aromatic heterocycles. The van der Waals surface area contributed by atoms with Crippen LogP contribution in [-0.2, 0) is 14.3 Å². The molecule has 4 nitrogen and oxygen atoms in total. The number of benzene rings is 1. The van der Waals surface area contributed by atoms with Crippen LogP contribution < -0.4 is 4.90 Å². The number of rotatable bonds is 9. The van der Waals surface area contributed by atoms with Gasteiger partial charge in [-0.3, -0.25) is 9.59 Å². The van der Waals surface area contributed by atoms with Crippen molar-refractivity contribution in [2.75, 3.05) is 19.1 Å². The van der Waals surface area contributed by atoms with E-state index in [1.54, 1.807) is 4.90 Å². The lowest BCUT2D eigenvalue weighted by Gasteiger charge is -2.17. The number of nitrogens with zero attached hydrogens (tertiary/aromatic N) is 1. The lowest BCUT2D eigenvalue weighted by Crippen LogP contribution is -2.25. The van der Waals surface area contributed by atoms with Crippen molar-refractivity contribution < 1.29 is 14.3 Å². The Bertz CT molecular complexity index is 431. The largest absolute Gasteiger partial charge is 0.469 e. The van der Waals surface area contributed by atoms with E-state index in [1.807, 2.05) is 37.4 Å². The summed E-state index contributed by atoms with van der Waals surface area (Å²) in [5.74, 6) is 0.00502. The molecule has 0 radical (unpaired) electrons. The number of amides is 1. The van der Waals surface area contributed by atoms with Crippen molar-refractivity contribution in [2.24, 2.45) is 0 Å². The van der Waals surface area contributed by atoms with Crippen LogP contribution in [0, 0.1) is 0 Å². The monoisotopic (exact) mass is 291 g/mol. The molecular weight excluding hydrogens is 266 g/mol. The Labute approximate surface area is 127 Å². The summed E-state index contributed by atoms with van der Waals surface area (Å²) >= 11 is 0. The molecule has 0 heterocycles. The SMILES string of the molecule is COC(=O)CCCCCCCC(=O)N(C)c1ccccc1. The van der Waals surface area contributed by atoms with E-state index in [-0.39, 0.29) is 11.9 Å². The molecule has 1 amide bonds. The molecular formula is C17H25NO3. The Kier molecular flexibility index (Phi) is 8.17. The van der Waals surface area contributed by atoms with Crippen molar-refractivity contribution in [3.05, 3.63) is 30.3 Å². The number of para-hydroxylation sites is 1. The Morgan fingerprint density at radius 1 is 0.952 bits per heavy atom. The number of ether oxygens (including phenoxy) is 1. The highest BCUT2D eigenvalue weighted by atomic mass is 16.5. The van der Waals surface area contributed by atoms with Crippen LogP contribution in [0.5, 0.6) is 0 Å². The van der Waals surface area contributed by atoms with Crippen molar-refractivity contribution in [1.29, 1.82) is 0 Å². The highest BCUT2D eigenvalue weighted by molar-refractivity contribution is 5.92. The molecule has 21 heavy (non-hydrogen) atoms. The Morgan fingerprint density at radius 2 is 1.52 bits per heavy atom. The third kappa shape index (κ3) is 6.93. The summed E-state index contributed by atoms with van der Waals surface area (Å²) in [6, 6.07) is 9.67. The van der Waals surface area contributed by atoms with Crippen molar-refractivity contribution in [3.63, 3.8) is 0 Å². The molecule has 0 spiro atoms. The topological polar surface area (TPSA) is 46.6 Å². The van der Waals surface area contributed by atoms with Crippen LogP contribution in [0.3, 0.4) is 0 Å². The fraction of sp³-hybridized carbons (Fsp3) is 0.529. The van der Waals surface area contributed by atoms with Crippen LogP contribution in [0.4, 0.5) is 5.69 Å². The number of anilines is 1. The fourth-order valence-electron chi connectivity index (χ4n) is 2.14. The molecule has 0 fully saturated rings. The number of carbonyl (C=O) groups is 2. The zero-order valence-electron chi connectivity index (χ0n) is 13.0. The van der Waals surface area contributed by atoms with E-state index in [4.69, 9.17) is 0 Å². The third-order valence-electron chi connectivity index (χ3n) is 3.52. The number of hydrogen-bond donors (Lipinski definition) is 0. The lowest BCUT2D eigenvalue weighted by atomic mass is 10.1. The molecule has 1 rings (SSSR count). The maximum atomic E-state index is 12.0. The van der Waals surface area contributed by atoms with E-state index in [2.05, 4.69) is 4.74 Å². The van der Waals surface area contributed by atoms with Gasteiger partial charge in [0.25, 0.3) is 0 Å². The van der Waals surface area contributed by atoms with Gasteiger partial charge in [-0.15, -0.1) is 0 Å². The first-order valence-corrected chi connectivity index (χ1v) is 7.53. The molecule has 0 saturated carbocycles. The van der Waals surface area contributed by atoms with Gasteiger partial charge < -0.3 is 9.64 Å². The first-order chi connectivity index (χ1) is 10.1. The second-order valence-electron chi connectivity index (χ2n) is 5.13. The molecule has 0 N–H and O–H groups in total. The van der Waals surface area contributed by atoms with Gasteiger partial charge in [-0.05, 0) is 25.0 Å². The highest BCUT2D eigenvalue weighted by Gasteiger charge is 2.09. The minimum atomic E-state index is -0.144. The molecule has 116 valence electrons. The van der Waals surface area contributed by atoms with E-state index in [1.165, 1.54) is 7.11 Å². The smallest absolute Gasteiger partial charge is 0.305 e. The molecule has 0 aliphatic carbocycles. The Hall–Kier alpha value is -1.84. The van der Waals surface area contributed by atoms with Gasteiger partial charge in [0.2, 0.25) is 5.91 Å². The molecule has 1 aromatic rings. The van der Waals surface area contributed by atoms with Gasteiger partial charge in [0.05, 0.1) is 7.11 Å². The normalized spacial score (nSPS) is 10.2. The van der Waals surface area contributed by atoms with Crippen LogP contribution >= 0.6 is 0 Å². The van der Waals surface area contributed by atoms with Crippen molar-refractivity contribution in [3.8, 4) is 0 Å². The second kappa shape index (κ2) is 9.97. The number of hydrogen-bond acceptors (Lipinski definition) is 3. The molecule has 4 heteroatoms. The zero-order valence-corrected chi connectivity index (χ0v) is 13.0. The first kappa shape index (κ1) is 17.2. The minimum absolute atomic E-state index is 0.144. The summed E-state index contributed by atoms with van der Waals surface area (Å²) in [6.07, 6.45) is 5.92. The average molecular weight is 291 g/mol. The number of carbonyl (C=O) groups excluding carboxylic acids is 2. The van der Waals surface area contributed by atoms with Gasteiger partial charge in [0, 0.05) is 25.6 Å². The standard InChI is InChI=1S/C17H25NO3/c1-18(15-11-7-6-8-12-15)16(19)13-9-4-3-5-10-14-17(20)21-2/h6-8,11-12H,3-5,9-10,13-14H2,1-2H3. The van der Waals surface area contributed by atoms with E-state index in [0.29, 0.717) is 12.8 Å². The van der Waals surface area contributed by atoms with Crippen LogP contribution in [0.25, 0.3) is 0 Å². The summed E-state index contributed by atoms with van der Waals surface area (Å²) in [7, 11) is 3.23. The molecule has 0 aliphatic rings. The third-order valence-corrected chi connectivity index (χ3v) is 3.52. The van der Waals surface area contributed by atoms with Gasteiger partial charge in [-0.2, -0.15) is 0 Å². The van der Waals surface area contributed by atoms with Crippen LogP contribution in [-0.4, -0.2) is 26.0 Å². The van der Waals surface area contributed by atoms with Crippen molar-refractivity contribution in [1.82, 2.24) is 0 Å². The lowest BCUT2D eigenvalue weighted by molar-refractivity contribution is -0.140. The summed E-state index contributed by atoms with van der Waals surface area (Å²) in [5, 5.41) is 0. The molecule has 0 unspecified atom stereocenters. The van der Waals surface area contributed by atoms with Gasteiger partial charge in [-0.25, -0.2) is 0 Å². The van der Waals surface area contributed by atoms with E-state index in [0.717, 1.165) is 37.8 Å². The molecule has 0 atom stereocenters. The second-order valence-corrected chi connectivity index (χ2v) is 5.13. The minimum Gasteiger partial charge on any atom is -0.469 e. The highest BCUT2D eigenvalue weighted by Crippen LogP contribution is 2.14.